The number of hydrogen-bond acceptors (Lipinski definition) is 5. The van der Waals surface area contributed by atoms with E-state index >= 15 is 0 Å². The van der Waals surface area contributed by atoms with E-state index in [4.69, 9.17) is 10.3 Å². The SMILES string of the molecule is C[C@@H](N)CC(=O)N[C@H]1CC2(C1)C[C@H](NC(=O)c1cc(C3CC3)on1)C2. The molecular weight excluding hydrogens is 320 g/mol. The van der Waals surface area contributed by atoms with Gasteiger partial charge in [-0.3, -0.25) is 9.59 Å². The number of carbonyl (C=O) groups is 2. The van der Waals surface area contributed by atoms with Crippen LogP contribution in [0.1, 0.15) is 74.0 Å². The topological polar surface area (TPSA) is 110 Å². The molecule has 0 bridgehead atoms. The van der Waals surface area contributed by atoms with E-state index in [-0.39, 0.29) is 29.9 Å². The van der Waals surface area contributed by atoms with Gasteiger partial charge in [0.05, 0.1) is 0 Å². The van der Waals surface area contributed by atoms with Crippen LogP contribution in [0.2, 0.25) is 0 Å². The second kappa shape index (κ2) is 6.12. The largest absolute Gasteiger partial charge is 0.360 e. The van der Waals surface area contributed by atoms with Crippen molar-refractivity contribution < 1.29 is 14.1 Å². The predicted octanol–water partition coefficient (Wildman–Crippen LogP) is 1.45. The number of nitrogens with one attached hydrogen (secondary N) is 2. The minimum Gasteiger partial charge on any atom is -0.360 e. The van der Waals surface area contributed by atoms with Crippen LogP contribution in [0.25, 0.3) is 0 Å². The van der Waals surface area contributed by atoms with E-state index in [9.17, 15) is 9.59 Å². The van der Waals surface area contributed by atoms with Gasteiger partial charge >= 0.3 is 0 Å². The zero-order chi connectivity index (χ0) is 17.6. The highest BCUT2D eigenvalue weighted by Crippen LogP contribution is 2.56. The Morgan fingerprint density at radius 3 is 2.52 bits per heavy atom. The maximum absolute atomic E-state index is 12.2. The van der Waals surface area contributed by atoms with Crippen LogP contribution in [0.3, 0.4) is 0 Å². The molecule has 1 atom stereocenters. The van der Waals surface area contributed by atoms with E-state index in [2.05, 4.69) is 15.8 Å². The lowest BCUT2D eigenvalue weighted by molar-refractivity contribution is -0.125. The lowest BCUT2D eigenvalue weighted by atomic mass is 9.52. The molecule has 1 spiro atoms. The lowest BCUT2D eigenvalue weighted by Crippen LogP contribution is -2.61. The molecule has 1 aromatic heterocycles. The zero-order valence-corrected chi connectivity index (χ0v) is 14.6. The van der Waals surface area contributed by atoms with E-state index < -0.39 is 0 Å². The van der Waals surface area contributed by atoms with Crippen LogP contribution < -0.4 is 16.4 Å². The molecule has 3 aliphatic carbocycles. The normalized spacial score (nSPS) is 31.8. The average Bonchev–Trinajstić information content (AvgIpc) is 3.19. The first kappa shape index (κ1) is 16.6. The third-order valence-electron chi connectivity index (χ3n) is 5.67. The van der Waals surface area contributed by atoms with E-state index in [0.29, 0.717) is 23.4 Å². The van der Waals surface area contributed by atoms with Crippen molar-refractivity contribution in [3.63, 3.8) is 0 Å². The Bertz CT molecular complexity index is 666. The molecule has 2 amide bonds. The van der Waals surface area contributed by atoms with E-state index in [1.165, 1.54) is 0 Å². The van der Waals surface area contributed by atoms with Crippen LogP contribution in [0.5, 0.6) is 0 Å². The maximum atomic E-state index is 12.2. The van der Waals surface area contributed by atoms with Crippen molar-refractivity contribution in [2.24, 2.45) is 11.1 Å². The quantitative estimate of drug-likeness (QED) is 0.722. The Morgan fingerprint density at radius 1 is 1.28 bits per heavy atom. The smallest absolute Gasteiger partial charge is 0.273 e. The number of nitrogens with two attached hydrogens (primary N) is 1. The zero-order valence-electron chi connectivity index (χ0n) is 14.6. The number of aromatic nitrogens is 1. The number of nitrogens with zero attached hydrogens (tertiary/aromatic N) is 1. The third kappa shape index (κ3) is 3.56. The Kier molecular flexibility index (Phi) is 4.06. The van der Waals surface area contributed by atoms with Crippen molar-refractivity contribution in [3.8, 4) is 0 Å². The number of rotatable bonds is 6. The van der Waals surface area contributed by atoms with Gasteiger partial charge in [-0.05, 0) is 50.9 Å². The summed E-state index contributed by atoms with van der Waals surface area (Å²) in [5, 5.41) is 9.97. The van der Waals surface area contributed by atoms with Gasteiger partial charge < -0.3 is 20.9 Å². The van der Waals surface area contributed by atoms with Gasteiger partial charge in [0, 0.05) is 36.5 Å². The summed E-state index contributed by atoms with van der Waals surface area (Å²) in [5.41, 5.74) is 6.33. The fraction of sp³-hybridized carbons (Fsp3) is 0.722. The minimum absolute atomic E-state index is 0.0384. The van der Waals surface area contributed by atoms with Crippen LogP contribution in [-0.4, -0.2) is 35.1 Å². The van der Waals surface area contributed by atoms with E-state index in [1.807, 2.05) is 6.92 Å². The summed E-state index contributed by atoms with van der Waals surface area (Å²) in [6, 6.07) is 2.14. The monoisotopic (exact) mass is 346 g/mol. The summed E-state index contributed by atoms with van der Waals surface area (Å²) in [5.74, 6) is 1.19. The second-order valence-corrected chi connectivity index (χ2v) is 8.32. The molecule has 0 aliphatic heterocycles. The number of hydrogen-bond donors (Lipinski definition) is 3. The maximum Gasteiger partial charge on any atom is 0.273 e. The van der Waals surface area contributed by atoms with Gasteiger partial charge in [0.1, 0.15) is 5.76 Å². The van der Waals surface area contributed by atoms with Gasteiger partial charge in [-0.2, -0.15) is 0 Å². The molecule has 7 heteroatoms. The van der Waals surface area contributed by atoms with Gasteiger partial charge in [-0.25, -0.2) is 0 Å². The Hall–Kier alpha value is -1.89. The van der Waals surface area contributed by atoms with Gasteiger partial charge in [0.2, 0.25) is 5.91 Å². The predicted molar refractivity (Wildman–Crippen MR) is 90.8 cm³/mol. The van der Waals surface area contributed by atoms with Crippen molar-refractivity contribution in [1.82, 2.24) is 15.8 Å². The second-order valence-electron chi connectivity index (χ2n) is 8.32. The first-order chi connectivity index (χ1) is 11.9. The molecule has 4 rings (SSSR count). The Labute approximate surface area is 147 Å². The van der Waals surface area contributed by atoms with Crippen molar-refractivity contribution in [2.75, 3.05) is 0 Å². The van der Waals surface area contributed by atoms with Gasteiger partial charge in [0.15, 0.2) is 5.69 Å². The molecule has 7 nitrogen and oxygen atoms in total. The molecule has 0 saturated heterocycles. The van der Waals surface area contributed by atoms with Crippen molar-refractivity contribution in [3.05, 3.63) is 17.5 Å². The fourth-order valence-electron chi connectivity index (χ4n) is 4.30. The number of amides is 2. The molecular formula is C18H26N4O3. The summed E-state index contributed by atoms with van der Waals surface area (Å²) in [7, 11) is 0. The molecule has 3 fully saturated rings. The first-order valence-corrected chi connectivity index (χ1v) is 9.25. The van der Waals surface area contributed by atoms with Gasteiger partial charge in [-0.15, -0.1) is 0 Å². The van der Waals surface area contributed by atoms with Gasteiger partial charge in [-0.1, -0.05) is 5.16 Å². The van der Waals surface area contributed by atoms with Crippen molar-refractivity contribution in [1.29, 1.82) is 0 Å². The van der Waals surface area contributed by atoms with E-state index in [0.717, 1.165) is 44.3 Å². The third-order valence-corrected chi connectivity index (χ3v) is 5.67. The molecule has 3 aliphatic rings. The molecule has 0 aromatic carbocycles. The first-order valence-electron chi connectivity index (χ1n) is 9.25. The van der Waals surface area contributed by atoms with Crippen molar-refractivity contribution in [2.45, 2.75) is 75.9 Å². The summed E-state index contributed by atoms with van der Waals surface area (Å²) >= 11 is 0. The highest BCUT2D eigenvalue weighted by atomic mass is 16.5. The van der Waals surface area contributed by atoms with E-state index in [1.54, 1.807) is 6.07 Å². The average molecular weight is 346 g/mol. The van der Waals surface area contributed by atoms with Crippen LogP contribution in [0.4, 0.5) is 0 Å². The van der Waals surface area contributed by atoms with Crippen LogP contribution in [-0.2, 0) is 4.79 Å². The molecule has 4 N–H and O–H groups in total. The highest BCUT2D eigenvalue weighted by Gasteiger charge is 2.53. The molecule has 1 aromatic rings. The van der Waals surface area contributed by atoms with Crippen LogP contribution in [0.15, 0.2) is 10.6 Å². The van der Waals surface area contributed by atoms with Crippen molar-refractivity contribution >= 4 is 11.8 Å². The molecule has 0 radical (unpaired) electrons. The summed E-state index contributed by atoms with van der Waals surface area (Å²) in [6.45, 7) is 1.84. The lowest BCUT2D eigenvalue weighted by Gasteiger charge is -2.57. The number of carbonyl (C=O) groups excluding carboxylic acids is 2. The molecule has 25 heavy (non-hydrogen) atoms. The molecule has 0 unspecified atom stereocenters. The van der Waals surface area contributed by atoms with Crippen LogP contribution >= 0.6 is 0 Å². The van der Waals surface area contributed by atoms with Crippen LogP contribution in [0, 0.1) is 5.41 Å². The standard InChI is InChI=1S/C18H26N4O3/c1-10(19)4-16(23)20-12-6-18(7-12)8-13(9-18)21-17(24)14-5-15(25-22-14)11-2-3-11/h5,10-13H,2-4,6-9,19H2,1H3,(H,20,23)(H,21,24)/t10-,12-,13-,18?/m1/s1. The summed E-state index contributed by atoms with van der Waals surface area (Å²) in [6.07, 6.45) is 6.59. The Morgan fingerprint density at radius 2 is 1.92 bits per heavy atom. The van der Waals surface area contributed by atoms with Gasteiger partial charge in [0.25, 0.3) is 5.91 Å². The molecule has 136 valence electrons. The fourth-order valence-corrected chi connectivity index (χ4v) is 4.30. The summed E-state index contributed by atoms with van der Waals surface area (Å²) in [4.78, 5) is 24.0. The highest BCUT2D eigenvalue weighted by molar-refractivity contribution is 5.92. The Balaban J connectivity index is 1.18. The molecule has 1 heterocycles. The summed E-state index contributed by atoms with van der Waals surface area (Å²) < 4.78 is 5.23. The minimum atomic E-state index is -0.142. The molecule has 3 saturated carbocycles.